The standard InChI is InChI=1S/C15H13BrClF2N/c1-9(12-4-3-11(16)7-13(12)17)20-8-10-2-5-14(18)15(19)6-10/h2-7,9,20H,8H2,1H3. The van der Waals surface area contributed by atoms with Crippen LogP contribution < -0.4 is 5.32 Å². The second-order valence-electron chi connectivity index (χ2n) is 4.52. The Balaban J connectivity index is 2.04. The van der Waals surface area contributed by atoms with Crippen molar-refractivity contribution >= 4 is 27.5 Å². The Kier molecular flexibility index (Phi) is 5.13. The molecule has 1 nitrogen and oxygen atoms in total. The first-order valence-corrected chi connectivity index (χ1v) is 7.26. The van der Waals surface area contributed by atoms with Crippen LogP contribution in [0.15, 0.2) is 40.9 Å². The molecule has 0 aliphatic heterocycles. The van der Waals surface area contributed by atoms with E-state index in [0.717, 1.165) is 16.1 Å². The van der Waals surface area contributed by atoms with Gasteiger partial charge in [-0.05, 0) is 42.3 Å². The summed E-state index contributed by atoms with van der Waals surface area (Å²) >= 11 is 9.53. The summed E-state index contributed by atoms with van der Waals surface area (Å²) in [7, 11) is 0. The molecule has 2 aromatic rings. The normalized spacial score (nSPS) is 12.4. The largest absolute Gasteiger partial charge is 0.306 e. The summed E-state index contributed by atoms with van der Waals surface area (Å²) in [4.78, 5) is 0. The van der Waals surface area contributed by atoms with Crippen LogP contribution in [0.3, 0.4) is 0 Å². The monoisotopic (exact) mass is 359 g/mol. The van der Waals surface area contributed by atoms with Gasteiger partial charge in [-0.1, -0.05) is 39.7 Å². The summed E-state index contributed by atoms with van der Waals surface area (Å²) in [6, 6.07) is 9.55. The van der Waals surface area contributed by atoms with Crippen LogP contribution in [0.25, 0.3) is 0 Å². The molecule has 1 unspecified atom stereocenters. The summed E-state index contributed by atoms with van der Waals surface area (Å²) in [5, 5.41) is 3.89. The molecule has 0 amide bonds. The molecule has 1 N–H and O–H groups in total. The van der Waals surface area contributed by atoms with E-state index in [-0.39, 0.29) is 6.04 Å². The van der Waals surface area contributed by atoms with E-state index in [1.165, 1.54) is 6.07 Å². The molecular weight excluding hydrogens is 348 g/mol. The van der Waals surface area contributed by atoms with Gasteiger partial charge in [0.05, 0.1) is 0 Å². The number of hydrogen-bond acceptors (Lipinski definition) is 1. The third kappa shape index (κ3) is 3.78. The molecule has 0 aliphatic rings. The van der Waals surface area contributed by atoms with Gasteiger partial charge in [0, 0.05) is 22.1 Å². The van der Waals surface area contributed by atoms with E-state index in [0.29, 0.717) is 17.1 Å². The van der Waals surface area contributed by atoms with Crippen LogP contribution in [0.1, 0.15) is 24.1 Å². The summed E-state index contributed by atoms with van der Waals surface area (Å²) in [6.07, 6.45) is 0. The molecule has 5 heteroatoms. The number of hydrogen-bond donors (Lipinski definition) is 1. The highest BCUT2D eigenvalue weighted by molar-refractivity contribution is 9.10. The molecule has 0 saturated heterocycles. The Morgan fingerprint density at radius 2 is 1.90 bits per heavy atom. The molecule has 0 bridgehead atoms. The lowest BCUT2D eigenvalue weighted by Crippen LogP contribution is -2.18. The minimum atomic E-state index is -0.835. The Morgan fingerprint density at radius 3 is 2.55 bits per heavy atom. The lowest BCUT2D eigenvalue weighted by Gasteiger charge is -2.16. The lowest BCUT2D eigenvalue weighted by molar-refractivity contribution is 0.504. The third-order valence-electron chi connectivity index (χ3n) is 3.03. The quantitative estimate of drug-likeness (QED) is 0.787. The summed E-state index contributed by atoms with van der Waals surface area (Å²) in [5.41, 5.74) is 1.64. The van der Waals surface area contributed by atoms with Crippen molar-refractivity contribution in [1.82, 2.24) is 5.32 Å². The van der Waals surface area contributed by atoms with E-state index in [1.807, 2.05) is 25.1 Å². The van der Waals surface area contributed by atoms with Crippen LogP contribution in [0, 0.1) is 11.6 Å². The number of rotatable bonds is 4. The minimum Gasteiger partial charge on any atom is -0.306 e. The van der Waals surface area contributed by atoms with Gasteiger partial charge in [0.1, 0.15) is 0 Å². The van der Waals surface area contributed by atoms with Crippen LogP contribution in [0.4, 0.5) is 8.78 Å². The van der Waals surface area contributed by atoms with Gasteiger partial charge in [0.2, 0.25) is 0 Å². The SMILES string of the molecule is CC(NCc1ccc(F)c(F)c1)c1ccc(Br)cc1Cl. The van der Waals surface area contributed by atoms with E-state index in [4.69, 9.17) is 11.6 Å². The van der Waals surface area contributed by atoms with Gasteiger partial charge in [0.15, 0.2) is 11.6 Å². The molecule has 106 valence electrons. The first-order chi connectivity index (χ1) is 9.47. The van der Waals surface area contributed by atoms with E-state index >= 15 is 0 Å². The molecule has 1 atom stereocenters. The van der Waals surface area contributed by atoms with E-state index in [9.17, 15) is 8.78 Å². The maximum absolute atomic E-state index is 13.1. The number of halogens is 4. The Labute approximate surface area is 130 Å². The van der Waals surface area contributed by atoms with Gasteiger partial charge in [-0.15, -0.1) is 0 Å². The fraction of sp³-hybridized carbons (Fsp3) is 0.200. The maximum atomic E-state index is 13.1. The fourth-order valence-electron chi connectivity index (χ4n) is 1.88. The number of benzene rings is 2. The average molecular weight is 361 g/mol. The predicted octanol–water partition coefficient (Wildman–Crippen LogP) is 5.23. The highest BCUT2D eigenvalue weighted by Gasteiger charge is 2.10. The van der Waals surface area contributed by atoms with Gasteiger partial charge in [-0.3, -0.25) is 0 Å². The van der Waals surface area contributed by atoms with E-state index in [1.54, 1.807) is 6.07 Å². The van der Waals surface area contributed by atoms with Crippen molar-refractivity contribution in [2.24, 2.45) is 0 Å². The van der Waals surface area contributed by atoms with Crippen molar-refractivity contribution in [3.63, 3.8) is 0 Å². The average Bonchev–Trinajstić information content (AvgIpc) is 2.40. The zero-order chi connectivity index (χ0) is 14.7. The topological polar surface area (TPSA) is 12.0 Å². The van der Waals surface area contributed by atoms with Crippen LogP contribution in [-0.2, 0) is 6.54 Å². The van der Waals surface area contributed by atoms with E-state index < -0.39 is 11.6 Å². The second kappa shape index (κ2) is 6.66. The summed E-state index contributed by atoms with van der Waals surface area (Å²) in [6.45, 7) is 2.40. The molecule has 0 aromatic heterocycles. The molecular formula is C15H13BrClF2N. The first-order valence-electron chi connectivity index (χ1n) is 6.09. The Bertz CT molecular complexity index is 619. The number of nitrogens with one attached hydrogen (secondary N) is 1. The van der Waals surface area contributed by atoms with Crippen molar-refractivity contribution in [2.75, 3.05) is 0 Å². The highest BCUT2D eigenvalue weighted by atomic mass is 79.9. The lowest BCUT2D eigenvalue weighted by atomic mass is 10.1. The zero-order valence-electron chi connectivity index (χ0n) is 10.8. The van der Waals surface area contributed by atoms with Crippen LogP contribution >= 0.6 is 27.5 Å². The van der Waals surface area contributed by atoms with Crippen molar-refractivity contribution < 1.29 is 8.78 Å². The van der Waals surface area contributed by atoms with Crippen molar-refractivity contribution in [2.45, 2.75) is 19.5 Å². The summed E-state index contributed by atoms with van der Waals surface area (Å²) in [5.74, 6) is -1.67. The molecule has 20 heavy (non-hydrogen) atoms. The van der Waals surface area contributed by atoms with Crippen LogP contribution in [0.5, 0.6) is 0 Å². The molecule has 0 radical (unpaired) electrons. The van der Waals surface area contributed by atoms with Crippen LogP contribution in [0.2, 0.25) is 5.02 Å². The predicted molar refractivity (Wildman–Crippen MR) is 80.8 cm³/mol. The molecule has 0 saturated carbocycles. The molecule has 0 spiro atoms. The van der Waals surface area contributed by atoms with Gasteiger partial charge in [-0.2, -0.15) is 0 Å². The third-order valence-corrected chi connectivity index (χ3v) is 3.85. The van der Waals surface area contributed by atoms with Gasteiger partial charge in [0.25, 0.3) is 0 Å². The molecule has 0 heterocycles. The van der Waals surface area contributed by atoms with Crippen molar-refractivity contribution in [3.8, 4) is 0 Å². The van der Waals surface area contributed by atoms with Gasteiger partial charge in [-0.25, -0.2) is 8.78 Å². The second-order valence-corrected chi connectivity index (χ2v) is 5.84. The molecule has 2 rings (SSSR count). The molecule has 0 aliphatic carbocycles. The smallest absolute Gasteiger partial charge is 0.159 e. The Hall–Kier alpha value is -0.970. The van der Waals surface area contributed by atoms with Crippen molar-refractivity contribution in [1.29, 1.82) is 0 Å². The van der Waals surface area contributed by atoms with E-state index in [2.05, 4.69) is 21.2 Å². The maximum Gasteiger partial charge on any atom is 0.159 e. The van der Waals surface area contributed by atoms with Crippen LogP contribution in [-0.4, -0.2) is 0 Å². The van der Waals surface area contributed by atoms with Gasteiger partial charge >= 0.3 is 0 Å². The first kappa shape index (κ1) is 15.4. The molecule has 2 aromatic carbocycles. The fourth-order valence-corrected chi connectivity index (χ4v) is 2.72. The Morgan fingerprint density at radius 1 is 1.15 bits per heavy atom. The summed E-state index contributed by atoms with van der Waals surface area (Å²) < 4.78 is 26.9. The van der Waals surface area contributed by atoms with Crippen molar-refractivity contribution in [3.05, 3.63) is 68.7 Å². The molecule has 0 fully saturated rings. The van der Waals surface area contributed by atoms with Gasteiger partial charge < -0.3 is 5.32 Å². The minimum absolute atomic E-state index is 0.00344. The highest BCUT2D eigenvalue weighted by Crippen LogP contribution is 2.26. The zero-order valence-corrected chi connectivity index (χ0v) is 13.1.